The summed E-state index contributed by atoms with van der Waals surface area (Å²) < 4.78 is 26.3. The third-order valence-electron chi connectivity index (χ3n) is 2.85. The second kappa shape index (κ2) is 7.25. The Morgan fingerprint density at radius 3 is 2.52 bits per heavy atom. The molecule has 0 radical (unpaired) electrons. The van der Waals surface area contributed by atoms with Gasteiger partial charge in [0.25, 0.3) is 0 Å². The maximum Gasteiger partial charge on any atom is 0.159 e. The fourth-order valence-electron chi connectivity index (χ4n) is 1.75. The third-order valence-corrected chi connectivity index (χ3v) is 4.17. The first-order valence-electron chi connectivity index (χ1n) is 6.60. The average molecular weight is 328 g/mol. The molecule has 2 aromatic carbocycles. The van der Waals surface area contributed by atoms with Crippen LogP contribution in [0.2, 0.25) is 5.02 Å². The van der Waals surface area contributed by atoms with Gasteiger partial charge in [-0.2, -0.15) is 0 Å². The number of halogens is 3. The zero-order chi connectivity index (χ0) is 15.4. The Kier molecular flexibility index (Phi) is 5.62. The van der Waals surface area contributed by atoms with E-state index in [4.69, 9.17) is 11.6 Å². The summed E-state index contributed by atoms with van der Waals surface area (Å²) in [5.41, 5.74) is 1.07. The number of benzene rings is 2. The van der Waals surface area contributed by atoms with Crippen LogP contribution in [0.3, 0.4) is 0 Å². The molecule has 0 aromatic heterocycles. The van der Waals surface area contributed by atoms with Crippen LogP contribution in [0.4, 0.5) is 8.78 Å². The van der Waals surface area contributed by atoms with Crippen molar-refractivity contribution < 1.29 is 8.78 Å². The van der Waals surface area contributed by atoms with E-state index >= 15 is 0 Å². The normalized spacial score (nSPS) is 11.1. The van der Waals surface area contributed by atoms with Crippen LogP contribution in [-0.2, 0) is 6.54 Å². The van der Waals surface area contributed by atoms with Crippen molar-refractivity contribution in [1.82, 2.24) is 5.32 Å². The Labute approximate surface area is 132 Å². The van der Waals surface area contributed by atoms with Gasteiger partial charge in [-0.25, -0.2) is 8.78 Å². The van der Waals surface area contributed by atoms with Crippen LogP contribution in [0.15, 0.2) is 46.2 Å². The molecule has 0 bridgehead atoms. The Hall–Kier alpha value is -1.10. The van der Waals surface area contributed by atoms with Crippen molar-refractivity contribution in [3.8, 4) is 0 Å². The van der Waals surface area contributed by atoms with E-state index in [1.165, 1.54) is 17.8 Å². The maximum absolute atomic E-state index is 13.3. The van der Waals surface area contributed by atoms with Crippen LogP contribution in [-0.4, -0.2) is 6.04 Å². The van der Waals surface area contributed by atoms with Gasteiger partial charge in [0.05, 0.1) is 0 Å². The predicted octanol–water partition coefficient (Wildman–Crippen LogP) is 5.27. The summed E-state index contributed by atoms with van der Waals surface area (Å²) in [5.74, 6) is -1.68. The monoisotopic (exact) mass is 327 g/mol. The lowest BCUT2D eigenvalue weighted by molar-refractivity contribution is 0.506. The summed E-state index contributed by atoms with van der Waals surface area (Å²) in [6.07, 6.45) is 0. The maximum atomic E-state index is 13.3. The second-order valence-electron chi connectivity index (χ2n) is 4.97. The summed E-state index contributed by atoms with van der Waals surface area (Å²) in [7, 11) is 0. The molecule has 0 aliphatic carbocycles. The zero-order valence-corrected chi connectivity index (χ0v) is 13.4. The quantitative estimate of drug-likeness (QED) is 0.803. The first kappa shape index (κ1) is 16.3. The zero-order valence-electron chi connectivity index (χ0n) is 11.8. The molecule has 0 heterocycles. The van der Waals surface area contributed by atoms with Crippen LogP contribution in [0, 0.1) is 11.6 Å². The predicted molar refractivity (Wildman–Crippen MR) is 83.9 cm³/mol. The SMILES string of the molecule is CC(C)NCc1ccc(Cl)cc1Sc1ccc(F)c(F)c1. The second-order valence-corrected chi connectivity index (χ2v) is 6.52. The minimum atomic E-state index is -0.844. The molecule has 2 rings (SSSR count). The van der Waals surface area contributed by atoms with Crippen LogP contribution in [0.1, 0.15) is 19.4 Å². The smallest absolute Gasteiger partial charge is 0.159 e. The van der Waals surface area contributed by atoms with Crippen molar-refractivity contribution in [2.75, 3.05) is 0 Å². The van der Waals surface area contributed by atoms with Gasteiger partial charge in [-0.1, -0.05) is 43.3 Å². The van der Waals surface area contributed by atoms with Crippen LogP contribution >= 0.6 is 23.4 Å². The molecule has 0 saturated carbocycles. The van der Waals surface area contributed by atoms with E-state index in [2.05, 4.69) is 19.2 Å². The highest BCUT2D eigenvalue weighted by Gasteiger charge is 2.09. The van der Waals surface area contributed by atoms with Gasteiger partial charge < -0.3 is 5.32 Å². The molecule has 0 fully saturated rings. The number of rotatable bonds is 5. The number of hydrogen-bond acceptors (Lipinski definition) is 2. The molecule has 0 aliphatic heterocycles. The highest BCUT2D eigenvalue weighted by Crippen LogP contribution is 2.33. The lowest BCUT2D eigenvalue weighted by atomic mass is 10.2. The molecule has 0 unspecified atom stereocenters. The Bertz CT molecular complexity index is 632. The van der Waals surface area contributed by atoms with Crippen molar-refractivity contribution in [1.29, 1.82) is 0 Å². The molecule has 2 aromatic rings. The van der Waals surface area contributed by atoms with Crippen LogP contribution in [0.5, 0.6) is 0 Å². The highest BCUT2D eigenvalue weighted by atomic mass is 35.5. The lowest BCUT2D eigenvalue weighted by Gasteiger charge is -2.13. The first-order valence-corrected chi connectivity index (χ1v) is 7.80. The number of nitrogens with one attached hydrogen (secondary N) is 1. The van der Waals surface area contributed by atoms with Gasteiger partial charge >= 0.3 is 0 Å². The summed E-state index contributed by atoms with van der Waals surface area (Å²) in [6, 6.07) is 9.86. The summed E-state index contributed by atoms with van der Waals surface area (Å²) >= 11 is 7.41. The Morgan fingerprint density at radius 1 is 1.10 bits per heavy atom. The fourth-order valence-corrected chi connectivity index (χ4v) is 3.00. The van der Waals surface area contributed by atoms with E-state index < -0.39 is 11.6 Å². The third kappa shape index (κ3) is 4.70. The molecule has 5 heteroatoms. The minimum absolute atomic E-state index is 0.363. The van der Waals surface area contributed by atoms with Gasteiger partial charge in [0, 0.05) is 27.4 Å². The van der Waals surface area contributed by atoms with Crippen molar-refractivity contribution in [3.63, 3.8) is 0 Å². The van der Waals surface area contributed by atoms with Crippen molar-refractivity contribution in [2.24, 2.45) is 0 Å². The van der Waals surface area contributed by atoms with E-state index in [-0.39, 0.29) is 0 Å². The summed E-state index contributed by atoms with van der Waals surface area (Å²) in [5, 5.41) is 3.96. The Morgan fingerprint density at radius 2 is 1.86 bits per heavy atom. The standard InChI is InChI=1S/C16H16ClF2NS/c1-10(2)20-9-11-3-4-12(17)7-16(11)21-13-5-6-14(18)15(19)8-13/h3-8,10,20H,9H2,1-2H3. The average Bonchev–Trinajstić information content (AvgIpc) is 2.42. The highest BCUT2D eigenvalue weighted by molar-refractivity contribution is 7.99. The van der Waals surface area contributed by atoms with Gasteiger partial charge in [0.15, 0.2) is 11.6 Å². The fraction of sp³-hybridized carbons (Fsp3) is 0.250. The van der Waals surface area contributed by atoms with E-state index in [9.17, 15) is 8.78 Å². The van der Waals surface area contributed by atoms with E-state index in [1.807, 2.05) is 18.2 Å². The van der Waals surface area contributed by atoms with Gasteiger partial charge in [0.1, 0.15) is 0 Å². The molecule has 0 spiro atoms. The molecule has 1 N–H and O–H groups in total. The molecule has 0 saturated heterocycles. The van der Waals surface area contributed by atoms with Gasteiger partial charge in [-0.05, 0) is 35.9 Å². The van der Waals surface area contributed by atoms with E-state index in [0.29, 0.717) is 22.5 Å². The minimum Gasteiger partial charge on any atom is -0.310 e. The van der Waals surface area contributed by atoms with E-state index in [0.717, 1.165) is 16.5 Å². The molecule has 0 aliphatic rings. The summed E-state index contributed by atoms with van der Waals surface area (Å²) in [4.78, 5) is 1.57. The molecule has 112 valence electrons. The largest absolute Gasteiger partial charge is 0.310 e. The van der Waals surface area contributed by atoms with E-state index in [1.54, 1.807) is 6.07 Å². The molecule has 21 heavy (non-hydrogen) atoms. The lowest BCUT2D eigenvalue weighted by Crippen LogP contribution is -2.22. The Balaban J connectivity index is 2.24. The van der Waals surface area contributed by atoms with Crippen LogP contribution in [0.25, 0.3) is 0 Å². The molecular formula is C16H16ClF2NS. The molecule has 0 atom stereocenters. The molecule has 1 nitrogen and oxygen atoms in total. The topological polar surface area (TPSA) is 12.0 Å². The molecule has 0 amide bonds. The van der Waals surface area contributed by atoms with Crippen molar-refractivity contribution in [3.05, 3.63) is 58.6 Å². The van der Waals surface area contributed by atoms with Gasteiger partial charge in [-0.15, -0.1) is 0 Å². The van der Waals surface area contributed by atoms with Gasteiger partial charge in [0.2, 0.25) is 0 Å². The number of hydrogen-bond donors (Lipinski definition) is 1. The van der Waals surface area contributed by atoms with Gasteiger partial charge in [-0.3, -0.25) is 0 Å². The molecular weight excluding hydrogens is 312 g/mol. The van der Waals surface area contributed by atoms with Crippen molar-refractivity contribution >= 4 is 23.4 Å². The van der Waals surface area contributed by atoms with Crippen molar-refractivity contribution in [2.45, 2.75) is 36.2 Å². The van der Waals surface area contributed by atoms with Crippen LogP contribution < -0.4 is 5.32 Å². The first-order chi connectivity index (χ1) is 9.95. The summed E-state index contributed by atoms with van der Waals surface area (Å²) in [6.45, 7) is 4.83.